The molecule has 0 aromatic heterocycles. The van der Waals surface area contributed by atoms with Gasteiger partial charge in [0.25, 0.3) is 0 Å². The van der Waals surface area contributed by atoms with E-state index >= 15 is 0 Å². The Kier molecular flexibility index (Phi) is 40.8. The summed E-state index contributed by atoms with van der Waals surface area (Å²) in [6, 6.07) is -1.94. The zero-order valence-electron chi connectivity index (χ0n) is 40.9. The number of carbonyl (C=O) groups excluding carboxylic acids is 6. The highest BCUT2D eigenvalue weighted by molar-refractivity contribution is 7.99. The standard InChI is InChI=1S/C46H82N6O16S/c1-34(2)43(46(63)64)52-40(56)17-7-4-3-5-11-29-69-30-12-6-8-16-38(54)49-21-13-23-65-25-27-67-28-26-66-24-14-22-50-42(58)33-68-32-37(53)35(44(59)60)18-19-39(55)48-20-10-9-15-36(45(61)62)51-41(57)31-47/h34-36,43H,3-33,47H2,1-2H3,(H,48,55)(H,49,54)(H,50,58)(H,51,57)(H,52,56)(H,59,60)(H,61,62)(H,63,64). The number of thioether (sulfide) groups is 1. The Morgan fingerprint density at radius 1 is 0.478 bits per heavy atom. The smallest absolute Gasteiger partial charge is 0.326 e. The number of carboxylic acid groups (broad SMARTS) is 3. The highest BCUT2D eigenvalue weighted by atomic mass is 32.2. The number of hydrogen-bond donors (Lipinski definition) is 9. The van der Waals surface area contributed by atoms with Gasteiger partial charge in [-0.1, -0.05) is 39.5 Å². The maximum absolute atomic E-state index is 12.4. The molecule has 0 saturated heterocycles. The van der Waals surface area contributed by atoms with Gasteiger partial charge in [0.1, 0.15) is 31.2 Å². The third-order valence-corrected chi connectivity index (χ3v) is 11.5. The molecule has 0 aliphatic rings. The van der Waals surface area contributed by atoms with Crippen LogP contribution in [0.5, 0.6) is 0 Å². The SMILES string of the molecule is CC(C)C(NC(=O)CCCCCCCSCCCCCC(=O)NCCCOCCOCCOCCCNC(=O)COCC(=O)C(CCC(=O)NCCCCC(NC(=O)CN)C(=O)O)C(=O)O)C(=O)O. The maximum Gasteiger partial charge on any atom is 0.326 e. The lowest BCUT2D eigenvalue weighted by Gasteiger charge is -2.17. The summed E-state index contributed by atoms with van der Waals surface area (Å²) in [7, 11) is 0. The van der Waals surface area contributed by atoms with Gasteiger partial charge in [-0.2, -0.15) is 11.8 Å². The molecule has 10 N–H and O–H groups in total. The summed E-state index contributed by atoms with van der Waals surface area (Å²) in [5, 5.41) is 40.8. The van der Waals surface area contributed by atoms with Crippen LogP contribution in [0.1, 0.15) is 123 Å². The lowest BCUT2D eigenvalue weighted by molar-refractivity contribution is -0.148. The second kappa shape index (κ2) is 43.6. The Morgan fingerprint density at radius 3 is 1.54 bits per heavy atom. The quantitative estimate of drug-likeness (QED) is 0.0310. The van der Waals surface area contributed by atoms with Crippen LogP contribution in [0.4, 0.5) is 0 Å². The summed E-state index contributed by atoms with van der Waals surface area (Å²) in [5.74, 6) is -5.61. The van der Waals surface area contributed by atoms with Crippen molar-refractivity contribution >= 4 is 65.0 Å². The molecule has 0 aromatic rings. The third-order valence-electron chi connectivity index (χ3n) is 10.3. The van der Waals surface area contributed by atoms with Crippen molar-refractivity contribution in [2.45, 2.75) is 135 Å². The first-order valence-corrected chi connectivity index (χ1v) is 25.4. The van der Waals surface area contributed by atoms with Gasteiger partial charge < -0.3 is 66.6 Å². The highest BCUT2D eigenvalue weighted by Crippen LogP contribution is 2.14. The molecule has 5 amide bonds. The van der Waals surface area contributed by atoms with Crippen molar-refractivity contribution in [3.63, 3.8) is 0 Å². The molecule has 398 valence electrons. The van der Waals surface area contributed by atoms with E-state index < -0.39 is 72.6 Å². The number of carboxylic acids is 3. The fraction of sp³-hybridized carbons (Fsp3) is 0.804. The number of hydrogen-bond acceptors (Lipinski definition) is 15. The molecule has 0 aliphatic carbocycles. The second-order valence-electron chi connectivity index (χ2n) is 16.7. The van der Waals surface area contributed by atoms with Crippen molar-refractivity contribution in [2.75, 3.05) is 90.5 Å². The van der Waals surface area contributed by atoms with E-state index in [-0.39, 0.29) is 50.1 Å². The summed E-state index contributed by atoms with van der Waals surface area (Å²) in [6.45, 7) is 5.57. The van der Waals surface area contributed by atoms with Crippen molar-refractivity contribution in [3.8, 4) is 0 Å². The number of ether oxygens (including phenoxy) is 4. The van der Waals surface area contributed by atoms with E-state index in [1.165, 1.54) is 0 Å². The minimum absolute atomic E-state index is 0.0502. The molecule has 69 heavy (non-hydrogen) atoms. The van der Waals surface area contributed by atoms with Crippen molar-refractivity contribution < 1.29 is 77.4 Å². The Labute approximate surface area is 411 Å². The molecule has 0 aliphatic heterocycles. The average molecular weight is 1010 g/mol. The fourth-order valence-corrected chi connectivity index (χ4v) is 7.40. The lowest BCUT2D eigenvalue weighted by atomic mass is 9.98. The molecule has 0 radical (unpaired) electrons. The van der Waals surface area contributed by atoms with Crippen molar-refractivity contribution in [1.82, 2.24) is 26.6 Å². The maximum atomic E-state index is 12.4. The summed E-state index contributed by atoms with van der Waals surface area (Å²) in [4.78, 5) is 106. The number of unbranched alkanes of at least 4 members (excludes halogenated alkanes) is 7. The molecule has 0 rings (SSSR count). The largest absolute Gasteiger partial charge is 0.481 e. The van der Waals surface area contributed by atoms with Gasteiger partial charge in [0.15, 0.2) is 5.78 Å². The zero-order chi connectivity index (χ0) is 51.5. The molecule has 0 saturated carbocycles. The first-order chi connectivity index (χ1) is 33.1. The number of carbonyl (C=O) groups is 9. The third kappa shape index (κ3) is 39.0. The molecule has 3 atom stereocenters. The topological polar surface area (TPSA) is 337 Å². The molecule has 0 heterocycles. The number of nitrogens with one attached hydrogen (secondary N) is 5. The fourth-order valence-electron chi connectivity index (χ4n) is 6.38. The minimum Gasteiger partial charge on any atom is -0.481 e. The van der Waals surface area contributed by atoms with Gasteiger partial charge in [-0.05, 0) is 81.6 Å². The van der Waals surface area contributed by atoms with Crippen LogP contribution in [0.3, 0.4) is 0 Å². The number of amides is 5. The van der Waals surface area contributed by atoms with E-state index in [9.17, 15) is 58.5 Å². The van der Waals surface area contributed by atoms with E-state index in [0.717, 1.165) is 62.9 Å². The molecule has 3 unspecified atom stereocenters. The van der Waals surface area contributed by atoms with Gasteiger partial charge in [0.05, 0.1) is 33.0 Å². The molecule has 22 nitrogen and oxygen atoms in total. The van der Waals surface area contributed by atoms with Gasteiger partial charge in [-0.15, -0.1) is 0 Å². The second-order valence-corrected chi connectivity index (χ2v) is 17.9. The first-order valence-electron chi connectivity index (χ1n) is 24.3. The van der Waals surface area contributed by atoms with Crippen LogP contribution >= 0.6 is 11.8 Å². The van der Waals surface area contributed by atoms with E-state index in [1.54, 1.807) is 13.8 Å². The van der Waals surface area contributed by atoms with E-state index in [4.69, 9.17) is 24.7 Å². The number of nitrogens with two attached hydrogens (primary N) is 1. The Balaban J connectivity index is 3.66. The van der Waals surface area contributed by atoms with Crippen molar-refractivity contribution in [3.05, 3.63) is 0 Å². The first kappa shape index (κ1) is 64.6. The van der Waals surface area contributed by atoms with Gasteiger partial charge in [0, 0.05) is 52.1 Å². The predicted octanol–water partition coefficient (Wildman–Crippen LogP) is 1.79. The zero-order valence-corrected chi connectivity index (χ0v) is 41.7. The van der Waals surface area contributed by atoms with Crippen LogP contribution in [-0.4, -0.2) is 171 Å². The summed E-state index contributed by atoms with van der Waals surface area (Å²) >= 11 is 1.93. The van der Waals surface area contributed by atoms with Crippen LogP contribution in [0.2, 0.25) is 0 Å². The Bertz CT molecular complexity index is 1490. The summed E-state index contributed by atoms with van der Waals surface area (Å²) < 4.78 is 21.6. The van der Waals surface area contributed by atoms with Crippen LogP contribution in [0.25, 0.3) is 0 Å². The van der Waals surface area contributed by atoms with Crippen LogP contribution < -0.4 is 32.3 Å². The average Bonchev–Trinajstić information content (AvgIpc) is 3.29. The molecule has 0 aromatic carbocycles. The normalized spacial score (nSPS) is 12.4. The molecule has 0 bridgehead atoms. The van der Waals surface area contributed by atoms with Crippen LogP contribution in [0, 0.1) is 11.8 Å². The number of aliphatic carboxylic acids is 3. The van der Waals surface area contributed by atoms with Crippen molar-refractivity contribution in [2.24, 2.45) is 17.6 Å². The molecule has 23 heteroatoms. The molecule has 0 fully saturated rings. The predicted molar refractivity (Wildman–Crippen MR) is 257 cm³/mol. The molecule has 0 spiro atoms. The van der Waals surface area contributed by atoms with Gasteiger partial charge in [-0.3, -0.25) is 33.6 Å². The monoisotopic (exact) mass is 1010 g/mol. The van der Waals surface area contributed by atoms with Gasteiger partial charge in [0.2, 0.25) is 29.5 Å². The lowest BCUT2D eigenvalue weighted by Crippen LogP contribution is -2.44. The Morgan fingerprint density at radius 2 is 0.986 bits per heavy atom. The highest BCUT2D eigenvalue weighted by Gasteiger charge is 2.27. The number of rotatable bonds is 48. The van der Waals surface area contributed by atoms with E-state index in [1.807, 2.05) is 11.8 Å². The van der Waals surface area contributed by atoms with E-state index in [2.05, 4.69) is 26.6 Å². The van der Waals surface area contributed by atoms with Gasteiger partial charge in [-0.25, -0.2) is 9.59 Å². The summed E-state index contributed by atoms with van der Waals surface area (Å²) in [5.41, 5.74) is 5.18. The van der Waals surface area contributed by atoms with Gasteiger partial charge >= 0.3 is 17.9 Å². The molecular formula is C46H82N6O16S. The summed E-state index contributed by atoms with van der Waals surface area (Å²) in [6.07, 6.45) is 10.5. The number of ketones is 1. The Hall–Kier alpha value is -4.42. The van der Waals surface area contributed by atoms with Crippen LogP contribution in [0.15, 0.2) is 0 Å². The number of Topliss-reactive ketones (excluding diaryl/α,β-unsaturated/α-hetero) is 1. The molecular weight excluding hydrogens is 925 g/mol. The van der Waals surface area contributed by atoms with E-state index in [0.29, 0.717) is 91.3 Å². The van der Waals surface area contributed by atoms with Crippen LogP contribution in [-0.2, 0) is 62.1 Å². The minimum atomic E-state index is -1.50. The van der Waals surface area contributed by atoms with Crippen molar-refractivity contribution in [1.29, 1.82) is 0 Å².